The van der Waals surface area contributed by atoms with Crippen LogP contribution in [0.4, 0.5) is 0 Å². The van der Waals surface area contributed by atoms with E-state index in [1.165, 1.54) is 0 Å². The SMILES string of the molecule is COc1ccc2[nH]c(=O)c([C@H]3CC(=O)Oc4ccc5c(c43)O/C(=C/c3cn(C)c4ccccc34)C5=O)cc2c1. The molecule has 7 rings (SSSR count). The van der Waals surface area contributed by atoms with Gasteiger partial charge in [-0.25, -0.2) is 0 Å². The maximum atomic E-state index is 13.5. The number of allylic oxidation sites excluding steroid dienone is 1. The highest BCUT2D eigenvalue weighted by Gasteiger charge is 2.39. The highest BCUT2D eigenvalue weighted by Crippen LogP contribution is 2.48. The van der Waals surface area contributed by atoms with Gasteiger partial charge < -0.3 is 23.8 Å². The van der Waals surface area contributed by atoms with Crippen LogP contribution in [0.3, 0.4) is 0 Å². The topological polar surface area (TPSA) is 99.6 Å². The van der Waals surface area contributed by atoms with E-state index in [1.54, 1.807) is 43.5 Å². The lowest BCUT2D eigenvalue weighted by atomic mass is 9.85. The fraction of sp³-hybridized carbons (Fsp3) is 0.129. The Kier molecular flexibility index (Phi) is 5.00. The molecule has 3 aromatic carbocycles. The summed E-state index contributed by atoms with van der Waals surface area (Å²) in [6.45, 7) is 0. The number of pyridine rings is 1. The maximum absolute atomic E-state index is 13.5. The van der Waals surface area contributed by atoms with E-state index >= 15 is 0 Å². The molecule has 4 heterocycles. The van der Waals surface area contributed by atoms with Gasteiger partial charge in [0.15, 0.2) is 5.76 Å². The van der Waals surface area contributed by atoms with Crippen LogP contribution in [0.2, 0.25) is 0 Å². The highest BCUT2D eigenvalue weighted by molar-refractivity contribution is 6.15. The van der Waals surface area contributed by atoms with Crippen LogP contribution >= 0.6 is 0 Å². The fourth-order valence-corrected chi connectivity index (χ4v) is 5.59. The van der Waals surface area contributed by atoms with E-state index in [0.29, 0.717) is 33.7 Å². The van der Waals surface area contributed by atoms with Crippen molar-refractivity contribution in [3.05, 3.63) is 105 Å². The van der Waals surface area contributed by atoms with Crippen molar-refractivity contribution in [3.63, 3.8) is 0 Å². The van der Waals surface area contributed by atoms with E-state index in [9.17, 15) is 14.4 Å². The second-order valence-electron chi connectivity index (χ2n) is 9.74. The number of nitrogens with one attached hydrogen (secondary N) is 1. The van der Waals surface area contributed by atoms with Crippen molar-refractivity contribution in [1.82, 2.24) is 9.55 Å². The molecule has 0 saturated heterocycles. The van der Waals surface area contributed by atoms with Gasteiger partial charge >= 0.3 is 5.97 Å². The Morgan fingerprint density at radius 1 is 1.03 bits per heavy atom. The quantitative estimate of drug-likeness (QED) is 0.203. The second-order valence-corrected chi connectivity index (χ2v) is 9.74. The second kappa shape index (κ2) is 8.46. The number of aryl methyl sites for hydroxylation is 1. The number of carbonyl (C=O) groups is 2. The summed E-state index contributed by atoms with van der Waals surface area (Å²) in [7, 11) is 3.52. The third-order valence-electron chi connectivity index (χ3n) is 7.45. The van der Waals surface area contributed by atoms with Gasteiger partial charge in [-0.1, -0.05) is 18.2 Å². The summed E-state index contributed by atoms with van der Waals surface area (Å²) in [6.07, 6.45) is 3.61. The number of nitrogens with zero attached hydrogens (tertiary/aromatic N) is 1. The molecule has 0 unspecified atom stereocenters. The maximum Gasteiger partial charge on any atom is 0.312 e. The number of benzene rings is 3. The van der Waals surface area contributed by atoms with Crippen LogP contribution in [0.25, 0.3) is 27.9 Å². The standard InChI is InChI=1S/C31H22N2O6/c1-33-15-17(19-5-3-4-6-24(19)33)13-26-29(35)20-8-10-25-28(30(20)39-26)21(14-27(34)38-25)22-12-16-11-18(37-2)7-9-23(16)32-31(22)36/h3-13,15,21H,14H2,1-2H3,(H,32,36)/b26-13+/t21-/m1/s1. The van der Waals surface area contributed by atoms with Gasteiger partial charge in [-0.15, -0.1) is 0 Å². The molecule has 8 heteroatoms. The molecule has 5 aromatic rings. The molecular formula is C31H22N2O6. The first kappa shape index (κ1) is 23.0. The van der Waals surface area contributed by atoms with Crippen LogP contribution in [0, 0.1) is 0 Å². The number of hydrogen-bond donors (Lipinski definition) is 1. The van der Waals surface area contributed by atoms with Crippen molar-refractivity contribution in [3.8, 4) is 17.2 Å². The molecule has 0 radical (unpaired) electrons. The Hall–Kier alpha value is -5.11. The molecule has 0 fully saturated rings. The molecule has 0 aliphatic carbocycles. The van der Waals surface area contributed by atoms with E-state index in [-0.39, 0.29) is 29.3 Å². The van der Waals surface area contributed by atoms with Gasteiger partial charge in [-0.05, 0) is 48.5 Å². The molecule has 2 aromatic heterocycles. The summed E-state index contributed by atoms with van der Waals surface area (Å²) >= 11 is 0. The van der Waals surface area contributed by atoms with Gasteiger partial charge in [0.2, 0.25) is 5.78 Å². The van der Waals surface area contributed by atoms with Crippen LogP contribution in [0.15, 0.2) is 77.4 Å². The molecule has 2 aliphatic rings. The number of aromatic nitrogens is 2. The van der Waals surface area contributed by atoms with E-state index in [4.69, 9.17) is 14.2 Å². The number of esters is 1. The number of ketones is 1. The Balaban J connectivity index is 1.37. The number of H-pyrrole nitrogens is 1. The molecule has 8 nitrogen and oxygen atoms in total. The molecule has 0 bridgehead atoms. The molecule has 39 heavy (non-hydrogen) atoms. The number of ether oxygens (including phenoxy) is 3. The van der Waals surface area contributed by atoms with Gasteiger partial charge in [0.1, 0.15) is 17.2 Å². The molecule has 1 atom stereocenters. The van der Waals surface area contributed by atoms with Crippen molar-refractivity contribution >= 4 is 39.6 Å². The minimum Gasteiger partial charge on any atom is -0.497 e. The van der Waals surface area contributed by atoms with Crippen LogP contribution in [-0.2, 0) is 11.8 Å². The van der Waals surface area contributed by atoms with E-state index < -0.39 is 11.9 Å². The highest BCUT2D eigenvalue weighted by atomic mass is 16.5. The minimum atomic E-state index is -0.666. The average molecular weight is 519 g/mol. The molecular weight excluding hydrogens is 496 g/mol. The zero-order valence-electron chi connectivity index (χ0n) is 21.1. The van der Waals surface area contributed by atoms with E-state index in [1.807, 2.05) is 48.1 Å². The molecule has 2 aliphatic heterocycles. The van der Waals surface area contributed by atoms with Crippen molar-refractivity contribution in [2.75, 3.05) is 7.11 Å². The van der Waals surface area contributed by atoms with Crippen molar-refractivity contribution in [2.45, 2.75) is 12.3 Å². The Labute approximate surface area is 222 Å². The zero-order chi connectivity index (χ0) is 26.8. The van der Waals surface area contributed by atoms with Crippen molar-refractivity contribution in [1.29, 1.82) is 0 Å². The van der Waals surface area contributed by atoms with Crippen LogP contribution in [-0.4, -0.2) is 28.4 Å². The van der Waals surface area contributed by atoms with Crippen molar-refractivity contribution < 1.29 is 23.8 Å². The number of aromatic amines is 1. The molecule has 192 valence electrons. The summed E-state index contributed by atoms with van der Waals surface area (Å²) in [6, 6.07) is 18.2. The first-order valence-electron chi connectivity index (χ1n) is 12.5. The first-order valence-corrected chi connectivity index (χ1v) is 12.5. The lowest BCUT2D eigenvalue weighted by molar-refractivity contribution is -0.135. The first-order chi connectivity index (χ1) is 18.9. The predicted molar refractivity (Wildman–Crippen MR) is 146 cm³/mol. The number of rotatable bonds is 3. The third-order valence-corrected chi connectivity index (χ3v) is 7.45. The smallest absolute Gasteiger partial charge is 0.312 e. The van der Waals surface area contributed by atoms with Crippen LogP contribution < -0.4 is 19.8 Å². The van der Waals surface area contributed by atoms with Crippen LogP contribution in [0.1, 0.15) is 39.4 Å². The fourth-order valence-electron chi connectivity index (χ4n) is 5.59. The largest absolute Gasteiger partial charge is 0.497 e. The number of hydrogen-bond acceptors (Lipinski definition) is 6. The summed E-state index contributed by atoms with van der Waals surface area (Å²) < 4.78 is 19.1. The van der Waals surface area contributed by atoms with Gasteiger partial charge in [-0.2, -0.15) is 0 Å². The van der Waals surface area contributed by atoms with Gasteiger partial charge in [-0.3, -0.25) is 14.4 Å². The number of para-hydroxylation sites is 1. The van der Waals surface area contributed by atoms with Gasteiger partial charge in [0, 0.05) is 57.7 Å². The Morgan fingerprint density at radius 3 is 2.72 bits per heavy atom. The molecule has 0 amide bonds. The van der Waals surface area contributed by atoms with Gasteiger partial charge in [0.25, 0.3) is 5.56 Å². The monoisotopic (exact) mass is 518 g/mol. The number of carbonyl (C=O) groups excluding carboxylic acids is 2. The Bertz CT molecular complexity index is 1960. The molecule has 0 spiro atoms. The normalized spacial score (nSPS) is 17.3. The lowest BCUT2D eigenvalue weighted by Gasteiger charge is -2.26. The summed E-state index contributed by atoms with van der Waals surface area (Å²) in [5.74, 6) is -0.00208. The summed E-state index contributed by atoms with van der Waals surface area (Å²) in [4.78, 5) is 42.2. The van der Waals surface area contributed by atoms with E-state index in [0.717, 1.165) is 21.9 Å². The lowest BCUT2D eigenvalue weighted by Crippen LogP contribution is -2.26. The number of Topliss-reactive ketones (excluding diaryl/α,β-unsaturated/α-hetero) is 1. The van der Waals surface area contributed by atoms with E-state index in [2.05, 4.69) is 4.98 Å². The third kappa shape index (κ3) is 3.56. The zero-order valence-corrected chi connectivity index (χ0v) is 21.1. The van der Waals surface area contributed by atoms with Crippen LogP contribution in [0.5, 0.6) is 17.2 Å². The Morgan fingerprint density at radius 2 is 1.87 bits per heavy atom. The van der Waals surface area contributed by atoms with Crippen molar-refractivity contribution in [2.24, 2.45) is 7.05 Å². The number of methoxy groups -OCH3 is 1. The molecule has 1 N–H and O–H groups in total. The average Bonchev–Trinajstić information content (AvgIpc) is 3.43. The summed E-state index contributed by atoms with van der Waals surface area (Å²) in [5, 5.41) is 1.75. The number of fused-ring (bicyclic) bond motifs is 5. The molecule has 0 saturated carbocycles. The predicted octanol–water partition coefficient (Wildman–Crippen LogP) is 5.09. The summed E-state index contributed by atoms with van der Waals surface area (Å²) in [5.41, 5.74) is 3.45. The van der Waals surface area contributed by atoms with Gasteiger partial charge in [0.05, 0.1) is 19.1 Å². The minimum absolute atomic E-state index is 0.0675.